The Morgan fingerprint density at radius 2 is 2.16 bits per heavy atom. The van der Waals surface area contributed by atoms with Crippen LogP contribution in [0.3, 0.4) is 0 Å². The van der Waals surface area contributed by atoms with Crippen molar-refractivity contribution in [2.24, 2.45) is 0 Å². The number of nitrogens with one attached hydrogen (secondary N) is 1. The first kappa shape index (κ1) is 12.9. The molecule has 1 aromatic heterocycles. The lowest BCUT2D eigenvalue weighted by Gasteiger charge is -2.10. The zero-order chi connectivity index (χ0) is 13.8. The van der Waals surface area contributed by atoms with Crippen molar-refractivity contribution in [2.45, 2.75) is 6.92 Å². The molecule has 0 saturated heterocycles. The molecule has 0 aliphatic heterocycles. The molecule has 2 aromatic rings. The summed E-state index contributed by atoms with van der Waals surface area (Å²) in [7, 11) is 1.51. The number of nitrogens with two attached hydrogens (primary N) is 1. The van der Waals surface area contributed by atoms with Crippen LogP contribution in [0.1, 0.15) is 15.9 Å². The maximum atomic E-state index is 12.1. The molecule has 0 fully saturated rings. The summed E-state index contributed by atoms with van der Waals surface area (Å²) in [5.41, 5.74) is 8.18. The second-order valence-electron chi connectivity index (χ2n) is 4.13. The summed E-state index contributed by atoms with van der Waals surface area (Å²) in [5, 5.41) is 2.75. The number of para-hydroxylation sites is 1. The number of carbonyl (C=O) groups excluding carboxylic acids is 1. The van der Waals surface area contributed by atoms with Crippen molar-refractivity contribution < 1.29 is 9.53 Å². The van der Waals surface area contributed by atoms with Gasteiger partial charge in [0.15, 0.2) is 0 Å². The van der Waals surface area contributed by atoms with E-state index in [2.05, 4.69) is 10.3 Å². The van der Waals surface area contributed by atoms with E-state index < -0.39 is 0 Å². The Labute approximate surface area is 111 Å². The third kappa shape index (κ3) is 2.82. The summed E-state index contributed by atoms with van der Waals surface area (Å²) in [6, 6.07) is 6.91. The average molecular weight is 257 g/mol. The van der Waals surface area contributed by atoms with E-state index in [-0.39, 0.29) is 5.91 Å². The zero-order valence-electron chi connectivity index (χ0n) is 10.8. The van der Waals surface area contributed by atoms with Crippen LogP contribution in [0, 0.1) is 6.92 Å². The van der Waals surface area contributed by atoms with Gasteiger partial charge in [-0.15, -0.1) is 0 Å². The molecule has 1 aromatic carbocycles. The molecule has 98 valence electrons. The number of nitrogens with zero attached hydrogens (tertiary/aromatic N) is 1. The van der Waals surface area contributed by atoms with E-state index in [9.17, 15) is 4.79 Å². The van der Waals surface area contributed by atoms with Gasteiger partial charge in [0, 0.05) is 6.20 Å². The van der Waals surface area contributed by atoms with Crippen molar-refractivity contribution in [1.29, 1.82) is 0 Å². The number of amides is 1. The van der Waals surface area contributed by atoms with Crippen LogP contribution >= 0.6 is 0 Å². The van der Waals surface area contributed by atoms with Crippen LogP contribution in [0.4, 0.5) is 11.4 Å². The topological polar surface area (TPSA) is 77.2 Å². The van der Waals surface area contributed by atoms with Crippen LogP contribution in [-0.4, -0.2) is 18.0 Å². The van der Waals surface area contributed by atoms with Crippen molar-refractivity contribution in [3.05, 3.63) is 47.8 Å². The number of nitrogen functional groups attached to an aromatic ring is 1. The third-order valence-electron chi connectivity index (χ3n) is 2.66. The summed E-state index contributed by atoms with van der Waals surface area (Å²) < 4.78 is 5.09. The first-order valence-electron chi connectivity index (χ1n) is 5.77. The summed E-state index contributed by atoms with van der Waals surface area (Å²) >= 11 is 0. The predicted molar refractivity (Wildman–Crippen MR) is 74.3 cm³/mol. The second-order valence-corrected chi connectivity index (χ2v) is 4.13. The number of hydrogen-bond donors (Lipinski definition) is 2. The van der Waals surface area contributed by atoms with Gasteiger partial charge in [-0.2, -0.15) is 0 Å². The predicted octanol–water partition coefficient (Wildman–Crippen LogP) is 2.23. The van der Waals surface area contributed by atoms with Gasteiger partial charge >= 0.3 is 0 Å². The molecular weight excluding hydrogens is 242 g/mol. The number of aryl methyl sites for hydroxylation is 1. The van der Waals surface area contributed by atoms with Crippen LogP contribution in [0.5, 0.6) is 5.75 Å². The molecule has 5 nitrogen and oxygen atoms in total. The fraction of sp³-hybridized carbons (Fsp3) is 0.143. The van der Waals surface area contributed by atoms with E-state index in [1.807, 2.05) is 13.0 Å². The summed E-state index contributed by atoms with van der Waals surface area (Å²) in [6.45, 7) is 1.91. The number of pyridine rings is 1. The molecule has 0 bridgehead atoms. The second kappa shape index (κ2) is 5.39. The maximum absolute atomic E-state index is 12.1. The highest BCUT2D eigenvalue weighted by Crippen LogP contribution is 2.25. The number of methoxy groups -OCH3 is 1. The smallest absolute Gasteiger partial charge is 0.257 e. The van der Waals surface area contributed by atoms with Gasteiger partial charge in [0.2, 0.25) is 0 Å². The number of hydrogen-bond acceptors (Lipinski definition) is 4. The lowest BCUT2D eigenvalue weighted by atomic mass is 10.1. The Morgan fingerprint density at radius 3 is 2.84 bits per heavy atom. The van der Waals surface area contributed by atoms with Crippen molar-refractivity contribution in [3.8, 4) is 5.75 Å². The molecule has 1 heterocycles. The quantitative estimate of drug-likeness (QED) is 0.827. The van der Waals surface area contributed by atoms with Crippen molar-refractivity contribution in [3.63, 3.8) is 0 Å². The SMILES string of the molecule is COc1cccc(C(=O)Nc2cncc(C)c2)c1N. The fourth-order valence-electron chi connectivity index (χ4n) is 1.74. The molecular formula is C14H15N3O2. The van der Waals surface area contributed by atoms with E-state index in [1.54, 1.807) is 30.6 Å². The minimum Gasteiger partial charge on any atom is -0.495 e. The van der Waals surface area contributed by atoms with Crippen LogP contribution in [0.15, 0.2) is 36.7 Å². The van der Waals surface area contributed by atoms with Gasteiger partial charge in [-0.25, -0.2) is 0 Å². The van der Waals surface area contributed by atoms with Crippen molar-refractivity contribution in [1.82, 2.24) is 4.98 Å². The molecule has 0 saturated carbocycles. The number of carbonyl (C=O) groups is 1. The van der Waals surface area contributed by atoms with E-state index in [0.29, 0.717) is 22.7 Å². The highest BCUT2D eigenvalue weighted by atomic mass is 16.5. The monoisotopic (exact) mass is 257 g/mol. The molecule has 0 spiro atoms. The third-order valence-corrected chi connectivity index (χ3v) is 2.66. The summed E-state index contributed by atoms with van der Waals surface area (Å²) in [6.07, 6.45) is 3.30. The van der Waals surface area contributed by atoms with Gasteiger partial charge in [-0.05, 0) is 30.7 Å². The van der Waals surface area contributed by atoms with Gasteiger partial charge in [0.25, 0.3) is 5.91 Å². The Hall–Kier alpha value is -2.56. The number of ether oxygens (including phenoxy) is 1. The average Bonchev–Trinajstić information content (AvgIpc) is 2.39. The molecule has 0 aliphatic rings. The zero-order valence-corrected chi connectivity index (χ0v) is 10.8. The molecule has 5 heteroatoms. The molecule has 2 rings (SSSR count). The molecule has 0 aliphatic carbocycles. The minimum atomic E-state index is -0.288. The Bertz CT molecular complexity index is 611. The molecule has 0 radical (unpaired) electrons. The van der Waals surface area contributed by atoms with Gasteiger partial charge in [-0.3, -0.25) is 9.78 Å². The lowest BCUT2D eigenvalue weighted by molar-refractivity contribution is 0.102. The van der Waals surface area contributed by atoms with E-state index >= 15 is 0 Å². The van der Waals surface area contributed by atoms with Crippen LogP contribution in [-0.2, 0) is 0 Å². The van der Waals surface area contributed by atoms with Gasteiger partial charge in [0.1, 0.15) is 5.75 Å². The normalized spacial score (nSPS) is 10.0. The highest BCUT2D eigenvalue weighted by molar-refractivity contribution is 6.08. The standard InChI is InChI=1S/C14H15N3O2/c1-9-6-10(8-16-7-9)17-14(18)11-4-3-5-12(19-2)13(11)15/h3-8H,15H2,1-2H3,(H,17,18). The summed E-state index contributed by atoms with van der Waals surface area (Å²) in [4.78, 5) is 16.2. The molecule has 3 N–H and O–H groups in total. The molecule has 19 heavy (non-hydrogen) atoms. The van der Waals surface area contributed by atoms with E-state index in [4.69, 9.17) is 10.5 Å². The number of aromatic nitrogens is 1. The largest absolute Gasteiger partial charge is 0.495 e. The lowest BCUT2D eigenvalue weighted by Crippen LogP contribution is -2.14. The number of anilines is 2. The van der Waals surface area contributed by atoms with Gasteiger partial charge < -0.3 is 15.8 Å². The summed E-state index contributed by atoms with van der Waals surface area (Å²) in [5.74, 6) is 0.193. The molecule has 0 atom stereocenters. The Morgan fingerprint density at radius 1 is 1.37 bits per heavy atom. The highest BCUT2D eigenvalue weighted by Gasteiger charge is 2.13. The van der Waals surface area contributed by atoms with E-state index in [1.165, 1.54) is 7.11 Å². The Balaban J connectivity index is 2.25. The van der Waals surface area contributed by atoms with Crippen molar-refractivity contribution >= 4 is 17.3 Å². The first-order chi connectivity index (χ1) is 9.11. The fourth-order valence-corrected chi connectivity index (χ4v) is 1.74. The number of benzene rings is 1. The van der Waals surface area contributed by atoms with E-state index in [0.717, 1.165) is 5.56 Å². The van der Waals surface area contributed by atoms with Gasteiger partial charge in [-0.1, -0.05) is 6.07 Å². The van der Waals surface area contributed by atoms with Crippen LogP contribution in [0.25, 0.3) is 0 Å². The molecule has 1 amide bonds. The van der Waals surface area contributed by atoms with Gasteiger partial charge in [0.05, 0.1) is 30.2 Å². The minimum absolute atomic E-state index is 0.288. The molecule has 0 unspecified atom stereocenters. The van der Waals surface area contributed by atoms with Crippen LogP contribution < -0.4 is 15.8 Å². The first-order valence-corrected chi connectivity index (χ1v) is 5.77. The number of rotatable bonds is 3. The maximum Gasteiger partial charge on any atom is 0.257 e. The van der Waals surface area contributed by atoms with Crippen LogP contribution in [0.2, 0.25) is 0 Å². The Kier molecular flexibility index (Phi) is 3.66. The van der Waals surface area contributed by atoms with Crippen molar-refractivity contribution in [2.75, 3.05) is 18.2 Å².